The van der Waals surface area contributed by atoms with Crippen LogP contribution < -0.4 is 11.5 Å². The van der Waals surface area contributed by atoms with Gasteiger partial charge in [-0.2, -0.15) is 20.1 Å². The number of nitrogens with zero attached hydrogens (tertiary/aromatic N) is 5. The second-order valence-electron chi connectivity index (χ2n) is 8.28. The number of fused-ring (bicyclic) bond motifs is 1. The van der Waals surface area contributed by atoms with E-state index in [1.807, 2.05) is 36.4 Å². The Morgan fingerprint density at radius 3 is 2.38 bits per heavy atom. The maximum atomic E-state index is 13.4. The van der Waals surface area contributed by atoms with E-state index in [0.29, 0.717) is 5.16 Å². The third-order valence-corrected chi connectivity index (χ3v) is 6.84. The number of benzene rings is 2. The molecule has 34 heavy (non-hydrogen) atoms. The molecule has 1 saturated carbocycles. The molecule has 0 unspecified atom stereocenters. The molecule has 1 fully saturated rings. The minimum atomic E-state index is -0.141. The first-order valence-electron chi connectivity index (χ1n) is 11.2. The maximum absolute atomic E-state index is 13.4. The molecular formula is C25H25N7OS. The van der Waals surface area contributed by atoms with Gasteiger partial charge in [-0.15, -0.1) is 0 Å². The summed E-state index contributed by atoms with van der Waals surface area (Å²) in [6.45, 7) is 0. The van der Waals surface area contributed by atoms with Gasteiger partial charge in [0.25, 0.3) is 5.91 Å². The summed E-state index contributed by atoms with van der Waals surface area (Å²) in [4.78, 5) is 25.3. The Bertz CT molecular complexity index is 1230. The molecule has 2 heterocycles. The van der Waals surface area contributed by atoms with Gasteiger partial charge in [0.1, 0.15) is 0 Å². The quantitative estimate of drug-likeness (QED) is 0.540. The van der Waals surface area contributed by atoms with E-state index in [0.717, 1.165) is 36.1 Å². The van der Waals surface area contributed by atoms with Crippen LogP contribution in [0.3, 0.4) is 0 Å². The Morgan fingerprint density at radius 1 is 1.00 bits per heavy atom. The van der Waals surface area contributed by atoms with Crippen LogP contribution in [0.25, 0.3) is 6.08 Å². The van der Waals surface area contributed by atoms with Gasteiger partial charge in [-0.05, 0) is 42.0 Å². The summed E-state index contributed by atoms with van der Waals surface area (Å²) in [5.41, 5.74) is 15.8. The Kier molecular flexibility index (Phi) is 6.27. The van der Waals surface area contributed by atoms with Crippen LogP contribution in [0.15, 0.2) is 76.5 Å². The number of nitrogen functional groups attached to an aromatic ring is 2. The molecule has 8 nitrogen and oxygen atoms in total. The van der Waals surface area contributed by atoms with E-state index in [9.17, 15) is 4.79 Å². The van der Waals surface area contributed by atoms with Gasteiger partial charge in [-0.3, -0.25) is 4.79 Å². The molecule has 1 aromatic heterocycles. The molecule has 172 valence electrons. The van der Waals surface area contributed by atoms with Crippen LogP contribution in [0.2, 0.25) is 0 Å². The Balaban J connectivity index is 1.45. The van der Waals surface area contributed by atoms with Crippen molar-refractivity contribution in [3.05, 3.63) is 77.4 Å². The van der Waals surface area contributed by atoms with Crippen LogP contribution in [0.5, 0.6) is 0 Å². The number of carbonyl (C=O) groups is 1. The number of anilines is 2. The number of rotatable bonds is 5. The van der Waals surface area contributed by atoms with E-state index in [1.165, 1.54) is 17.3 Å². The molecule has 2 aromatic carbocycles. The molecule has 4 N–H and O–H groups in total. The topological polar surface area (TPSA) is 123 Å². The van der Waals surface area contributed by atoms with E-state index in [-0.39, 0.29) is 35.5 Å². The average molecular weight is 472 g/mol. The lowest BCUT2D eigenvalue weighted by molar-refractivity contribution is -0.130. The second-order valence-corrected chi connectivity index (χ2v) is 9.22. The van der Waals surface area contributed by atoms with Gasteiger partial charge in [0, 0.05) is 5.92 Å². The molecule has 0 radical (unpaired) electrons. The van der Waals surface area contributed by atoms with Crippen LogP contribution in [-0.4, -0.2) is 37.3 Å². The van der Waals surface area contributed by atoms with E-state index in [1.54, 1.807) is 5.01 Å². The molecule has 0 bridgehead atoms. The van der Waals surface area contributed by atoms with E-state index < -0.39 is 0 Å². The molecule has 2 atom stereocenters. The van der Waals surface area contributed by atoms with Crippen LogP contribution >= 0.6 is 11.8 Å². The van der Waals surface area contributed by atoms with E-state index >= 15 is 0 Å². The summed E-state index contributed by atoms with van der Waals surface area (Å²) >= 11 is 1.18. The fourth-order valence-corrected chi connectivity index (χ4v) is 5.29. The van der Waals surface area contributed by atoms with Gasteiger partial charge < -0.3 is 11.5 Å². The number of aromatic nitrogens is 3. The van der Waals surface area contributed by atoms with Crippen molar-refractivity contribution in [3.8, 4) is 0 Å². The first kappa shape index (κ1) is 22.1. The van der Waals surface area contributed by atoms with Crippen LogP contribution in [0, 0.1) is 5.92 Å². The lowest BCUT2D eigenvalue weighted by Gasteiger charge is -2.29. The summed E-state index contributed by atoms with van der Waals surface area (Å²) in [6.07, 6.45) is 5.20. The molecule has 2 aliphatic rings. The molecule has 1 aliphatic carbocycles. The number of hydrazone groups is 1. The van der Waals surface area contributed by atoms with E-state index in [4.69, 9.17) is 16.6 Å². The second kappa shape index (κ2) is 9.64. The van der Waals surface area contributed by atoms with Crippen molar-refractivity contribution in [1.29, 1.82) is 0 Å². The zero-order chi connectivity index (χ0) is 23.5. The fraction of sp³-hybridized carbons (Fsp3) is 0.240. The largest absolute Gasteiger partial charge is 0.368 e. The normalized spacial score (nSPS) is 20.8. The highest BCUT2D eigenvalue weighted by Crippen LogP contribution is 2.44. The third kappa shape index (κ3) is 4.65. The number of hydrogen-bond donors (Lipinski definition) is 2. The molecule has 1 aliphatic heterocycles. The monoisotopic (exact) mass is 471 g/mol. The summed E-state index contributed by atoms with van der Waals surface area (Å²) < 4.78 is 0. The van der Waals surface area contributed by atoms with Crippen molar-refractivity contribution in [2.45, 2.75) is 30.5 Å². The Labute approximate surface area is 202 Å². The molecular weight excluding hydrogens is 446 g/mol. The first-order chi connectivity index (χ1) is 16.6. The molecule has 1 amide bonds. The van der Waals surface area contributed by atoms with Crippen LogP contribution in [0.4, 0.5) is 11.9 Å². The number of hydrogen-bond acceptors (Lipinski definition) is 8. The van der Waals surface area contributed by atoms with Gasteiger partial charge in [0.15, 0.2) is 5.16 Å². The molecule has 5 rings (SSSR count). The minimum absolute atomic E-state index is 0.0349. The smallest absolute Gasteiger partial charge is 0.253 e. The number of carbonyl (C=O) groups excluding carboxylic acids is 1. The maximum Gasteiger partial charge on any atom is 0.253 e. The third-order valence-electron chi connectivity index (χ3n) is 6.01. The minimum Gasteiger partial charge on any atom is -0.368 e. The van der Waals surface area contributed by atoms with Gasteiger partial charge in [-0.25, -0.2) is 5.01 Å². The van der Waals surface area contributed by atoms with Crippen LogP contribution in [0.1, 0.15) is 36.4 Å². The Morgan fingerprint density at radius 2 is 1.68 bits per heavy atom. The zero-order valence-corrected chi connectivity index (χ0v) is 19.4. The van der Waals surface area contributed by atoms with Gasteiger partial charge in [-0.1, -0.05) is 72.4 Å². The predicted octanol–water partition coefficient (Wildman–Crippen LogP) is 3.95. The summed E-state index contributed by atoms with van der Waals surface area (Å²) in [5.74, 6) is 0.231. The van der Waals surface area contributed by atoms with Crippen molar-refractivity contribution in [2.24, 2.45) is 11.0 Å². The zero-order valence-electron chi connectivity index (χ0n) is 18.5. The SMILES string of the molecule is Nc1nc(N)nc(SCC(=O)N2N=C3/C(=C\c4ccccc4)CCC[C@H]3[C@@H]2c2ccccc2)n1. The summed E-state index contributed by atoms with van der Waals surface area (Å²) in [5, 5.41) is 6.88. The van der Waals surface area contributed by atoms with Crippen molar-refractivity contribution in [2.75, 3.05) is 17.2 Å². The lowest BCUT2D eigenvalue weighted by atomic mass is 9.77. The fourth-order valence-electron chi connectivity index (χ4n) is 4.59. The number of thioether (sulfide) groups is 1. The number of amides is 1. The number of allylic oxidation sites excluding steroid dienone is 1. The molecule has 9 heteroatoms. The molecule has 3 aromatic rings. The van der Waals surface area contributed by atoms with Crippen LogP contribution in [-0.2, 0) is 4.79 Å². The lowest BCUT2D eigenvalue weighted by Crippen LogP contribution is -2.32. The van der Waals surface area contributed by atoms with Crippen molar-refractivity contribution in [3.63, 3.8) is 0 Å². The van der Waals surface area contributed by atoms with Gasteiger partial charge in [0.2, 0.25) is 11.9 Å². The van der Waals surface area contributed by atoms with Gasteiger partial charge >= 0.3 is 0 Å². The summed E-state index contributed by atoms with van der Waals surface area (Å²) in [7, 11) is 0. The highest BCUT2D eigenvalue weighted by Gasteiger charge is 2.43. The standard InChI is InChI=1S/C25H25N7OS/c26-23-28-24(27)30-25(29-23)34-15-20(33)32-22(17-10-5-2-6-11-17)19-13-7-12-18(21(19)31-32)14-16-8-3-1-4-9-16/h1-6,8-11,14,19,22H,7,12-13,15H2,(H4,26,27,28,29,30)/b18-14-/t19-,22+/m1/s1. The Hall–Kier alpha value is -3.72. The highest BCUT2D eigenvalue weighted by molar-refractivity contribution is 7.99. The average Bonchev–Trinajstić information content (AvgIpc) is 3.24. The predicted molar refractivity (Wildman–Crippen MR) is 135 cm³/mol. The van der Waals surface area contributed by atoms with Crippen molar-refractivity contribution < 1.29 is 4.79 Å². The van der Waals surface area contributed by atoms with E-state index in [2.05, 4.69) is 45.3 Å². The van der Waals surface area contributed by atoms with Crippen molar-refractivity contribution in [1.82, 2.24) is 20.0 Å². The van der Waals surface area contributed by atoms with Crippen molar-refractivity contribution >= 4 is 41.4 Å². The molecule has 0 saturated heterocycles. The summed E-state index contributed by atoms with van der Waals surface area (Å²) in [6, 6.07) is 20.2. The highest BCUT2D eigenvalue weighted by atomic mass is 32.2. The van der Waals surface area contributed by atoms with Gasteiger partial charge in [0.05, 0.1) is 17.5 Å². The first-order valence-corrected chi connectivity index (χ1v) is 12.2. The molecule has 0 spiro atoms. The number of nitrogens with two attached hydrogens (primary N) is 2.